The minimum atomic E-state index is -0.154. The zero-order valence-corrected chi connectivity index (χ0v) is 12.8. The quantitative estimate of drug-likeness (QED) is 0.851. The summed E-state index contributed by atoms with van der Waals surface area (Å²) in [5.41, 5.74) is 1.10. The van der Waals surface area contributed by atoms with Gasteiger partial charge in [-0.05, 0) is 12.0 Å². The summed E-state index contributed by atoms with van der Waals surface area (Å²) in [6.45, 7) is 1.71. The molecular formula is C16H20N4O3. The SMILES string of the molecule is O=C(Cn1nccn1)N[C@@H]1CCOC[C@H]1OCc1ccccc1. The summed E-state index contributed by atoms with van der Waals surface area (Å²) in [5.74, 6) is -0.124. The first kappa shape index (κ1) is 15.6. The molecule has 1 aromatic heterocycles. The Hall–Kier alpha value is -2.25. The van der Waals surface area contributed by atoms with Gasteiger partial charge in [-0.2, -0.15) is 15.0 Å². The first-order chi connectivity index (χ1) is 11.3. The fourth-order valence-electron chi connectivity index (χ4n) is 2.52. The molecule has 0 radical (unpaired) electrons. The van der Waals surface area contributed by atoms with Crippen LogP contribution in [0.3, 0.4) is 0 Å². The molecule has 23 heavy (non-hydrogen) atoms. The first-order valence-corrected chi connectivity index (χ1v) is 7.68. The van der Waals surface area contributed by atoms with Crippen molar-refractivity contribution in [3.63, 3.8) is 0 Å². The third-order valence-corrected chi connectivity index (χ3v) is 3.71. The number of benzene rings is 1. The van der Waals surface area contributed by atoms with Crippen LogP contribution in [0.4, 0.5) is 0 Å². The maximum absolute atomic E-state index is 12.1. The maximum atomic E-state index is 12.1. The van der Waals surface area contributed by atoms with Crippen molar-refractivity contribution in [1.82, 2.24) is 20.3 Å². The molecule has 0 spiro atoms. The van der Waals surface area contributed by atoms with Gasteiger partial charge in [0.2, 0.25) is 5.91 Å². The van der Waals surface area contributed by atoms with Crippen molar-refractivity contribution < 1.29 is 14.3 Å². The number of ether oxygens (including phenoxy) is 2. The number of amides is 1. The number of hydrogen-bond acceptors (Lipinski definition) is 5. The summed E-state index contributed by atoms with van der Waals surface area (Å²) in [6, 6.07) is 9.90. The number of hydrogen-bond donors (Lipinski definition) is 1. The summed E-state index contributed by atoms with van der Waals surface area (Å²) in [6.07, 6.45) is 3.68. The van der Waals surface area contributed by atoms with Crippen LogP contribution in [-0.2, 0) is 27.4 Å². The van der Waals surface area contributed by atoms with E-state index in [9.17, 15) is 4.79 Å². The molecule has 3 rings (SSSR count). The number of carbonyl (C=O) groups excluding carboxylic acids is 1. The van der Waals surface area contributed by atoms with Crippen molar-refractivity contribution in [3.8, 4) is 0 Å². The summed E-state index contributed by atoms with van der Waals surface area (Å²) in [5, 5.41) is 10.9. The summed E-state index contributed by atoms with van der Waals surface area (Å²) in [4.78, 5) is 13.4. The van der Waals surface area contributed by atoms with Gasteiger partial charge < -0.3 is 14.8 Å². The van der Waals surface area contributed by atoms with E-state index in [1.165, 1.54) is 4.80 Å². The molecule has 1 saturated heterocycles. The minimum absolute atomic E-state index is 0.0597. The molecule has 7 heteroatoms. The van der Waals surface area contributed by atoms with E-state index < -0.39 is 0 Å². The number of nitrogens with one attached hydrogen (secondary N) is 1. The monoisotopic (exact) mass is 316 g/mol. The Bertz CT molecular complexity index is 603. The number of carbonyl (C=O) groups is 1. The molecule has 0 bridgehead atoms. The van der Waals surface area contributed by atoms with Crippen molar-refractivity contribution in [3.05, 3.63) is 48.3 Å². The second kappa shape index (κ2) is 7.85. The highest BCUT2D eigenvalue weighted by molar-refractivity contribution is 5.75. The summed E-state index contributed by atoms with van der Waals surface area (Å²) >= 11 is 0. The average molecular weight is 316 g/mol. The molecular weight excluding hydrogens is 296 g/mol. The number of aromatic nitrogens is 3. The lowest BCUT2D eigenvalue weighted by atomic mass is 10.1. The zero-order valence-electron chi connectivity index (χ0n) is 12.8. The van der Waals surface area contributed by atoms with Gasteiger partial charge in [0, 0.05) is 6.61 Å². The zero-order chi connectivity index (χ0) is 15.9. The molecule has 2 aromatic rings. The van der Waals surface area contributed by atoms with Crippen molar-refractivity contribution in [2.45, 2.75) is 31.7 Å². The standard InChI is InChI=1S/C16H20N4O3/c21-16(10-20-17-7-8-18-20)19-14-6-9-22-12-15(14)23-11-13-4-2-1-3-5-13/h1-5,7-8,14-15H,6,9-12H2,(H,19,21)/t14-,15-/m1/s1. The van der Waals surface area contributed by atoms with E-state index in [4.69, 9.17) is 9.47 Å². The van der Waals surface area contributed by atoms with E-state index in [1.807, 2.05) is 30.3 Å². The largest absolute Gasteiger partial charge is 0.379 e. The van der Waals surface area contributed by atoms with Crippen LogP contribution in [-0.4, -0.2) is 46.3 Å². The Morgan fingerprint density at radius 1 is 1.30 bits per heavy atom. The highest BCUT2D eigenvalue weighted by atomic mass is 16.5. The Kier molecular flexibility index (Phi) is 5.33. The molecule has 1 fully saturated rings. The molecule has 2 atom stereocenters. The third kappa shape index (κ3) is 4.61. The molecule has 1 amide bonds. The lowest BCUT2D eigenvalue weighted by Gasteiger charge is -2.32. The lowest BCUT2D eigenvalue weighted by molar-refractivity contribution is -0.127. The fourth-order valence-corrected chi connectivity index (χ4v) is 2.52. The van der Waals surface area contributed by atoms with Crippen molar-refractivity contribution >= 4 is 5.91 Å². The Balaban J connectivity index is 1.52. The van der Waals surface area contributed by atoms with Gasteiger partial charge >= 0.3 is 0 Å². The van der Waals surface area contributed by atoms with E-state index in [0.717, 1.165) is 12.0 Å². The molecule has 1 aliphatic heterocycles. The van der Waals surface area contributed by atoms with Crippen molar-refractivity contribution in [2.75, 3.05) is 13.2 Å². The van der Waals surface area contributed by atoms with Gasteiger partial charge in [-0.1, -0.05) is 30.3 Å². The highest BCUT2D eigenvalue weighted by Gasteiger charge is 2.28. The molecule has 7 nitrogen and oxygen atoms in total. The van der Waals surface area contributed by atoms with Gasteiger partial charge in [-0.3, -0.25) is 4.79 Å². The molecule has 1 N–H and O–H groups in total. The third-order valence-electron chi connectivity index (χ3n) is 3.71. The number of nitrogens with zero attached hydrogens (tertiary/aromatic N) is 3. The Labute approximate surface area is 134 Å². The van der Waals surface area contributed by atoms with Gasteiger partial charge in [0.15, 0.2) is 0 Å². The van der Waals surface area contributed by atoms with Crippen LogP contribution in [0.15, 0.2) is 42.7 Å². The van der Waals surface area contributed by atoms with Crippen LogP contribution >= 0.6 is 0 Å². The van der Waals surface area contributed by atoms with E-state index in [2.05, 4.69) is 15.5 Å². The molecule has 1 aromatic carbocycles. The normalized spacial score (nSPS) is 21.0. The van der Waals surface area contributed by atoms with Crippen LogP contribution in [0.1, 0.15) is 12.0 Å². The average Bonchev–Trinajstić information content (AvgIpc) is 3.08. The first-order valence-electron chi connectivity index (χ1n) is 7.68. The van der Waals surface area contributed by atoms with Crippen LogP contribution in [0.2, 0.25) is 0 Å². The second-order valence-corrected chi connectivity index (χ2v) is 5.43. The predicted molar refractivity (Wildman–Crippen MR) is 82.4 cm³/mol. The minimum Gasteiger partial charge on any atom is -0.379 e. The van der Waals surface area contributed by atoms with Crippen LogP contribution in [0.5, 0.6) is 0 Å². The van der Waals surface area contributed by atoms with Crippen LogP contribution in [0.25, 0.3) is 0 Å². The van der Waals surface area contributed by atoms with E-state index in [1.54, 1.807) is 12.4 Å². The predicted octanol–water partition coefficient (Wildman–Crippen LogP) is 0.769. The van der Waals surface area contributed by atoms with Gasteiger partial charge in [-0.25, -0.2) is 0 Å². The van der Waals surface area contributed by atoms with Crippen molar-refractivity contribution in [2.24, 2.45) is 0 Å². The van der Waals surface area contributed by atoms with E-state index in [0.29, 0.717) is 19.8 Å². The molecule has 1 aliphatic rings. The second-order valence-electron chi connectivity index (χ2n) is 5.43. The lowest BCUT2D eigenvalue weighted by Crippen LogP contribution is -2.50. The fraction of sp³-hybridized carbons (Fsp3) is 0.438. The molecule has 2 heterocycles. The van der Waals surface area contributed by atoms with Crippen molar-refractivity contribution in [1.29, 1.82) is 0 Å². The van der Waals surface area contributed by atoms with Gasteiger partial charge in [0.05, 0.1) is 31.6 Å². The summed E-state index contributed by atoms with van der Waals surface area (Å²) < 4.78 is 11.4. The topological polar surface area (TPSA) is 78.3 Å². The number of rotatable bonds is 6. The van der Waals surface area contributed by atoms with E-state index in [-0.39, 0.29) is 24.6 Å². The Morgan fingerprint density at radius 3 is 2.87 bits per heavy atom. The van der Waals surface area contributed by atoms with Crippen LogP contribution < -0.4 is 5.32 Å². The van der Waals surface area contributed by atoms with Gasteiger partial charge in [-0.15, -0.1) is 0 Å². The highest BCUT2D eigenvalue weighted by Crippen LogP contribution is 2.14. The molecule has 0 saturated carbocycles. The van der Waals surface area contributed by atoms with Crippen LogP contribution in [0, 0.1) is 0 Å². The maximum Gasteiger partial charge on any atom is 0.243 e. The molecule has 0 unspecified atom stereocenters. The van der Waals surface area contributed by atoms with Gasteiger partial charge in [0.1, 0.15) is 12.6 Å². The molecule has 122 valence electrons. The smallest absolute Gasteiger partial charge is 0.243 e. The van der Waals surface area contributed by atoms with Gasteiger partial charge in [0.25, 0.3) is 0 Å². The Morgan fingerprint density at radius 2 is 2.09 bits per heavy atom. The van der Waals surface area contributed by atoms with E-state index >= 15 is 0 Å². The molecule has 0 aliphatic carbocycles. The summed E-state index contributed by atoms with van der Waals surface area (Å²) in [7, 11) is 0.